The summed E-state index contributed by atoms with van der Waals surface area (Å²) in [5.41, 5.74) is 1.69. The number of para-hydroxylation sites is 1. The van der Waals surface area contributed by atoms with E-state index in [1.165, 1.54) is 6.33 Å². The number of aryl methyl sites for hydroxylation is 1. The minimum absolute atomic E-state index is 0.168. The lowest BCUT2D eigenvalue weighted by molar-refractivity contribution is 0.0790. The van der Waals surface area contributed by atoms with Crippen LogP contribution in [0, 0.1) is 6.92 Å². The summed E-state index contributed by atoms with van der Waals surface area (Å²) in [5.74, 6) is 0.408. The largest absolute Gasteiger partial charge is 0.335 e. The molecule has 0 radical (unpaired) electrons. The highest BCUT2D eigenvalue weighted by atomic mass is 16.2. The second kappa shape index (κ2) is 5.14. The quantitative estimate of drug-likeness (QED) is 0.743. The summed E-state index contributed by atoms with van der Waals surface area (Å²) >= 11 is 0. The smallest absolute Gasteiger partial charge is 0.276 e. The molecule has 0 saturated heterocycles. The molecular formula is C19H17N5O2. The molecule has 7 heteroatoms. The zero-order valence-electron chi connectivity index (χ0n) is 14.2. The van der Waals surface area contributed by atoms with Crippen molar-refractivity contribution in [3.05, 3.63) is 58.3 Å². The molecule has 3 heterocycles. The molecule has 0 unspecified atom stereocenters. The molecule has 1 saturated carbocycles. The zero-order valence-corrected chi connectivity index (χ0v) is 14.2. The van der Waals surface area contributed by atoms with E-state index in [1.54, 1.807) is 10.6 Å². The van der Waals surface area contributed by atoms with Crippen LogP contribution in [0.5, 0.6) is 0 Å². The van der Waals surface area contributed by atoms with E-state index < -0.39 is 5.66 Å². The molecular weight excluding hydrogens is 330 g/mol. The molecule has 2 N–H and O–H groups in total. The van der Waals surface area contributed by atoms with Crippen molar-refractivity contribution in [1.82, 2.24) is 19.9 Å². The Balaban J connectivity index is 1.68. The van der Waals surface area contributed by atoms with E-state index in [4.69, 9.17) is 0 Å². The Hall–Kier alpha value is -3.22. The minimum Gasteiger partial charge on any atom is -0.335 e. The van der Waals surface area contributed by atoms with Crippen molar-refractivity contribution >= 4 is 28.3 Å². The lowest BCUT2D eigenvalue weighted by atomic mass is 9.85. The van der Waals surface area contributed by atoms with E-state index in [2.05, 4.69) is 20.6 Å². The Kier molecular flexibility index (Phi) is 2.98. The Morgan fingerprint density at radius 3 is 2.77 bits per heavy atom. The third kappa shape index (κ3) is 1.94. The Bertz CT molecular complexity index is 1130. The normalized spacial score (nSPS) is 17.0. The molecule has 1 amide bonds. The number of hydrogen-bond acceptors (Lipinski definition) is 5. The molecule has 7 nitrogen and oxygen atoms in total. The van der Waals surface area contributed by atoms with Gasteiger partial charge < -0.3 is 10.6 Å². The van der Waals surface area contributed by atoms with Gasteiger partial charge in [-0.2, -0.15) is 0 Å². The standard InChI is InChI=1S/C19H17N5O2/c1-11-9-14(22-16-12-5-2-3-6-13(12)20-10-21-16)18(26)24-15(11)17(25)23-19(24)7-4-8-19/h2-3,5-6,9-10H,4,7-8H2,1H3,(H,23,25)(H,20,21,22). The van der Waals surface area contributed by atoms with Gasteiger partial charge in [-0.3, -0.25) is 14.2 Å². The average molecular weight is 347 g/mol. The number of carbonyl (C=O) groups excluding carboxylic acids is 1. The summed E-state index contributed by atoms with van der Waals surface area (Å²) in [5, 5.41) is 7.01. The first-order valence-corrected chi connectivity index (χ1v) is 8.65. The second-order valence-corrected chi connectivity index (χ2v) is 6.93. The monoisotopic (exact) mass is 347 g/mol. The third-order valence-corrected chi connectivity index (χ3v) is 5.36. The van der Waals surface area contributed by atoms with Gasteiger partial charge in [0.15, 0.2) is 0 Å². The molecule has 3 aromatic rings. The van der Waals surface area contributed by atoms with Gasteiger partial charge in [0.1, 0.15) is 29.2 Å². The number of amides is 1. The van der Waals surface area contributed by atoms with E-state index >= 15 is 0 Å². The fourth-order valence-corrected chi connectivity index (χ4v) is 3.94. The SMILES string of the molecule is Cc1cc(Nc2ncnc3ccccc23)c(=O)n2c1C(=O)NC21CCC1. The third-order valence-electron chi connectivity index (χ3n) is 5.36. The van der Waals surface area contributed by atoms with Gasteiger partial charge in [-0.1, -0.05) is 12.1 Å². The summed E-state index contributed by atoms with van der Waals surface area (Å²) in [6, 6.07) is 9.35. The number of hydrogen-bond donors (Lipinski definition) is 2. The van der Waals surface area contributed by atoms with Gasteiger partial charge in [0, 0.05) is 5.39 Å². The highest BCUT2D eigenvalue weighted by Gasteiger charge is 2.48. The molecule has 1 aliphatic heterocycles. The van der Waals surface area contributed by atoms with Crippen LogP contribution in [0.1, 0.15) is 35.3 Å². The van der Waals surface area contributed by atoms with Crippen LogP contribution < -0.4 is 16.2 Å². The average Bonchev–Trinajstić information content (AvgIpc) is 2.94. The Morgan fingerprint density at radius 2 is 2.00 bits per heavy atom. The van der Waals surface area contributed by atoms with Crippen molar-refractivity contribution in [2.24, 2.45) is 0 Å². The molecule has 26 heavy (non-hydrogen) atoms. The highest BCUT2D eigenvalue weighted by molar-refractivity contribution is 5.97. The number of carbonyl (C=O) groups is 1. The van der Waals surface area contributed by atoms with Crippen LogP contribution in [0.2, 0.25) is 0 Å². The van der Waals surface area contributed by atoms with Gasteiger partial charge in [-0.25, -0.2) is 9.97 Å². The summed E-state index contributed by atoms with van der Waals surface area (Å²) in [6.45, 7) is 1.85. The molecule has 2 aromatic heterocycles. The maximum atomic E-state index is 13.2. The van der Waals surface area contributed by atoms with Gasteiger partial charge in [0.2, 0.25) is 0 Å². The van der Waals surface area contributed by atoms with Crippen molar-refractivity contribution in [1.29, 1.82) is 0 Å². The van der Waals surface area contributed by atoms with E-state index in [-0.39, 0.29) is 11.5 Å². The van der Waals surface area contributed by atoms with E-state index in [1.807, 2.05) is 31.2 Å². The van der Waals surface area contributed by atoms with Crippen LogP contribution in [-0.2, 0) is 5.66 Å². The fourth-order valence-electron chi connectivity index (χ4n) is 3.94. The Morgan fingerprint density at radius 1 is 1.19 bits per heavy atom. The molecule has 1 aliphatic carbocycles. The maximum absolute atomic E-state index is 13.2. The van der Waals surface area contributed by atoms with E-state index in [9.17, 15) is 9.59 Å². The molecule has 1 fully saturated rings. The van der Waals surface area contributed by atoms with Crippen molar-refractivity contribution in [3.63, 3.8) is 0 Å². The summed E-state index contributed by atoms with van der Waals surface area (Å²) in [7, 11) is 0. The summed E-state index contributed by atoms with van der Waals surface area (Å²) < 4.78 is 1.64. The predicted octanol–water partition coefficient (Wildman–Crippen LogP) is 2.42. The number of fused-ring (bicyclic) bond motifs is 3. The number of nitrogens with one attached hydrogen (secondary N) is 2. The maximum Gasteiger partial charge on any atom is 0.276 e. The first-order valence-electron chi connectivity index (χ1n) is 8.65. The second-order valence-electron chi connectivity index (χ2n) is 6.93. The predicted molar refractivity (Wildman–Crippen MR) is 97.6 cm³/mol. The molecule has 2 aliphatic rings. The van der Waals surface area contributed by atoms with E-state index in [0.29, 0.717) is 17.2 Å². The van der Waals surface area contributed by atoms with Crippen molar-refractivity contribution in [2.45, 2.75) is 31.8 Å². The highest BCUT2D eigenvalue weighted by Crippen LogP contribution is 2.41. The molecule has 0 atom stereocenters. The van der Waals surface area contributed by atoms with Crippen molar-refractivity contribution < 1.29 is 4.79 Å². The number of nitrogens with zero attached hydrogens (tertiary/aromatic N) is 3. The number of rotatable bonds is 2. The lowest BCUT2D eigenvalue weighted by Gasteiger charge is -2.39. The number of anilines is 2. The molecule has 130 valence electrons. The Labute approximate surface area is 149 Å². The first-order chi connectivity index (χ1) is 12.6. The minimum atomic E-state index is -0.556. The molecule has 5 rings (SSSR count). The van der Waals surface area contributed by atoms with Crippen molar-refractivity contribution in [3.8, 4) is 0 Å². The van der Waals surface area contributed by atoms with Crippen LogP contribution in [0.15, 0.2) is 41.5 Å². The van der Waals surface area contributed by atoms with Crippen LogP contribution in [0.25, 0.3) is 10.9 Å². The van der Waals surface area contributed by atoms with Crippen molar-refractivity contribution in [2.75, 3.05) is 5.32 Å². The van der Waals surface area contributed by atoms with Crippen LogP contribution in [-0.4, -0.2) is 20.4 Å². The van der Waals surface area contributed by atoms with Gasteiger partial charge in [-0.15, -0.1) is 0 Å². The summed E-state index contributed by atoms with van der Waals surface area (Å²) in [4.78, 5) is 34.1. The lowest BCUT2D eigenvalue weighted by Crippen LogP contribution is -2.52. The topological polar surface area (TPSA) is 88.9 Å². The van der Waals surface area contributed by atoms with Gasteiger partial charge in [0.25, 0.3) is 11.5 Å². The van der Waals surface area contributed by atoms with E-state index in [0.717, 1.165) is 35.7 Å². The molecule has 1 aromatic carbocycles. The van der Waals surface area contributed by atoms with Crippen LogP contribution >= 0.6 is 0 Å². The number of benzene rings is 1. The summed E-state index contributed by atoms with van der Waals surface area (Å²) in [6.07, 6.45) is 4.04. The van der Waals surface area contributed by atoms with Crippen LogP contribution in [0.3, 0.4) is 0 Å². The van der Waals surface area contributed by atoms with Gasteiger partial charge >= 0.3 is 0 Å². The molecule has 0 bridgehead atoms. The van der Waals surface area contributed by atoms with Gasteiger partial charge in [-0.05, 0) is 49.9 Å². The zero-order chi connectivity index (χ0) is 17.9. The van der Waals surface area contributed by atoms with Crippen LogP contribution in [0.4, 0.5) is 11.5 Å². The fraction of sp³-hybridized carbons (Fsp3) is 0.263. The molecule has 1 spiro atoms. The number of pyridine rings is 1. The number of aromatic nitrogens is 3. The van der Waals surface area contributed by atoms with Gasteiger partial charge in [0.05, 0.1) is 5.52 Å². The first kappa shape index (κ1) is 15.1.